The van der Waals surface area contributed by atoms with E-state index in [4.69, 9.17) is 0 Å². The van der Waals surface area contributed by atoms with Gasteiger partial charge in [0.25, 0.3) is 0 Å². The van der Waals surface area contributed by atoms with E-state index in [2.05, 4.69) is 10.6 Å². The average Bonchev–Trinajstić information content (AvgIpc) is 2.19. The van der Waals surface area contributed by atoms with Gasteiger partial charge in [-0.3, -0.25) is 0 Å². The van der Waals surface area contributed by atoms with E-state index in [0.29, 0.717) is 0 Å². The molecule has 0 aliphatic heterocycles. The first kappa shape index (κ1) is 10.4. The van der Waals surface area contributed by atoms with Crippen LogP contribution < -0.4 is 10.6 Å². The van der Waals surface area contributed by atoms with Crippen molar-refractivity contribution in [1.29, 1.82) is 0 Å². The van der Waals surface area contributed by atoms with Gasteiger partial charge >= 0.3 is 6.03 Å². The molecule has 0 saturated heterocycles. The second kappa shape index (κ2) is 4.50. The fourth-order valence-electron chi connectivity index (χ4n) is 0.956. The standard InChI is InChI=1S/C10H15N3O/c1-11-8-4-6-9(7-5-8)12-10(14)13(2)3/h4-7,11H,1-3H3,(H,12,14). The van der Waals surface area contributed by atoms with Crippen LogP contribution in [0.1, 0.15) is 0 Å². The Hall–Kier alpha value is -1.71. The number of anilines is 2. The second-order valence-corrected chi connectivity index (χ2v) is 3.15. The number of amides is 2. The van der Waals surface area contributed by atoms with Crippen molar-refractivity contribution in [1.82, 2.24) is 4.90 Å². The van der Waals surface area contributed by atoms with E-state index in [1.54, 1.807) is 14.1 Å². The molecule has 14 heavy (non-hydrogen) atoms. The van der Waals surface area contributed by atoms with Gasteiger partial charge < -0.3 is 15.5 Å². The Labute approximate surface area is 83.9 Å². The van der Waals surface area contributed by atoms with Crippen molar-refractivity contribution in [3.63, 3.8) is 0 Å². The van der Waals surface area contributed by atoms with Gasteiger partial charge in [-0.1, -0.05) is 0 Å². The topological polar surface area (TPSA) is 44.4 Å². The molecule has 0 aliphatic rings. The smallest absolute Gasteiger partial charge is 0.321 e. The van der Waals surface area contributed by atoms with Gasteiger partial charge in [0.05, 0.1) is 0 Å². The van der Waals surface area contributed by atoms with Crippen LogP contribution in [0.2, 0.25) is 0 Å². The van der Waals surface area contributed by atoms with E-state index in [1.807, 2.05) is 31.3 Å². The summed E-state index contributed by atoms with van der Waals surface area (Å²) in [5.74, 6) is 0. The van der Waals surface area contributed by atoms with E-state index in [9.17, 15) is 4.79 Å². The summed E-state index contributed by atoms with van der Waals surface area (Å²) in [5, 5.41) is 5.76. The van der Waals surface area contributed by atoms with Crippen molar-refractivity contribution < 1.29 is 4.79 Å². The molecule has 4 nitrogen and oxygen atoms in total. The monoisotopic (exact) mass is 193 g/mol. The van der Waals surface area contributed by atoms with Gasteiger partial charge in [0.2, 0.25) is 0 Å². The van der Waals surface area contributed by atoms with E-state index < -0.39 is 0 Å². The Balaban J connectivity index is 2.64. The van der Waals surface area contributed by atoms with E-state index in [1.165, 1.54) is 4.90 Å². The summed E-state index contributed by atoms with van der Waals surface area (Å²) in [6.07, 6.45) is 0. The van der Waals surface area contributed by atoms with Crippen molar-refractivity contribution in [3.05, 3.63) is 24.3 Å². The molecule has 0 fully saturated rings. The number of hydrogen-bond acceptors (Lipinski definition) is 2. The SMILES string of the molecule is CNc1ccc(NC(=O)N(C)C)cc1. The molecule has 1 aromatic rings. The molecule has 76 valence electrons. The minimum atomic E-state index is -0.123. The van der Waals surface area contributed by atoms with Gasteiger partial charge in [-0.25, -0.2) is 4.79 Å². The Morgan fingerprint density at radius 2 is 1.64 bits per heavy atom. The molecule has 0 atom stereocenters. The molecule has 0 heterocycles. The lowest BCUT2D eigenvalue weighted by molar-refractivity contribution is 0.230. The number of nitrogens with one attached hydrogen (secondary N) is 2. The highest BCUT2D eigenvalue weighted by Crippen LogP contribution is 2.12. The highest BCUT2D eigenvalue weighted by atomic mass is 16.2. The molecular weight excluding hydrogens is 178 g/mol. The number of benzene rings is 1. The average molecular weight is 193 g/mol. The van der Waals surface area contributed by atoms with Crippen molar-refractivity contribution in [2.24, 2.45) is 0 Å². The number of hydrogen-bond donors (Lipinski definition) is 2. The van der Waals surface area contributed by atoms with E-state index in [-0.39, 0.29) is 6.03 Å². The van der Waals surface area contributed by atoms with Crippen LogP contribution in [0.25, 0.3) is 0 Å². The quantitative estimate of drug-likeness (QED) is 0.752. The van der Waals surface area contributed by atoms with Gasteiger partial charge in [0, 0.05) is 32.5 Å². The third kappa shape index (κ3) is 2.65. The molecule has 1 aromatic carbocycles. The summed E-state index contributed by atoms with van der Waals surface area (Å²) in [5.41, 5.74) is 1.82. The van der Waals surface area contributed by atoms with Crippen LogP contribution >= 0.6 is 0 Å². The first-order valence-corrected chi connectivity index (χ1v) is 4.39. The van der Waals surface area contributed by atoms with Crippen LogP contribution in [0.5, 0.6) is 0 Å². The molecule has 2 N–H and O–H groups in total. The van der Waals surface area contributed by atoms with Gasteiger partial charge in [-0.2, -0.15) is 0 Å². The lowest BCUT2D eigenvalue weighted by Gasteiger charge is -2.12. The zero-order valence-electron chi connectivity index (χ0n) is 8.66. The minimum Gasteiger partial charge on any atom is -0.388 e. The van der Waals surface area contributed by atoms with E-state index >= 15 is 0 Å². The maximum Gasteiger partial charge on any atom is 0.321 e. The zero-order chi connectivity index (χ0) is 10.6. The maximum atomic E-state index is 11.3. The summed E-state index contributed by atoms with van der Waals surface area (Å²) >= 11 is 0. The van der Waals surface area contributed by atoms with Crippen molar-refractivity contribution in [3.8, 4) is 0 Å². The van der Waals surface area contributed by atoms with Gasteiger partial charge in [0.1, 0.15) is 0 Å². The first-order chi connectivity index (χ1) is 6.63. The molecule has 1 rings (SSSR count). The van der Waals surface area contributed by atoms with Crippen molar-refractivity contribution in [2.75, 3.05) is 31.8 Å². The Kier molecular flexibility index (Phi) is 3.34. The van der Waals surface area contributed by atoms with Crippen molar-refractivity contribution >= 4 is 17.4 Å². The summed E-state index contributed by atoms with van der Waals surface area (Å²) in [4.78, 5) is 12.8. The number of rotatable bonds is 2. The molecule has 0 radical (unpaired) electrons. The third-order valence-electron chi connectivity index (χ3n) is 1.83. The van der Waals surface area contributed by atoms with Crippen LogP contribution in [0, 0.1) is 0 Å². The molecule has 0 bridgehead atoms. The van der Waals surface area contributed by atoms with Crippen LogP contribution in [-0.4, -0.2) is 32.1 Å². The maximum absolute atomic E-state index is 11.3. The highest BCUT2D eigenvalue weighted by molar-refractivity contribution is 5.89. The molecule has 0 aliphatic carbocycles. The predicted molar refractivity (Wildman–Crippen MR) is 58.7 cm³/mol. The lowest BCUT2D eigenvalue weighted by Crippen LogP contribution is -2.27. The van der Waals surface area contributed by atoms with Crippen LogP contribution in [0.3, 0.4) is 0 Å². The fourth-order valence-corrected chi connectivity index (χ4v) is 0.956. The molecule has 0 spiro atoms. The molecule has 0 saturated carbocycles. The number of urea groups is 1. The summed E-state index contributed by atoms with van der Waals surface area (Å²) < 4.78 is 0. The van der Waals surface area contributed by atoms with Gasteiger partial charge in [0.15, 0.2) is 0 Å². The van der Waals surface area contributed by atoms with Crippen molar-refractivity contribution in [2.45, 2.75) is 0 Å². The number of nitrogens with zero attached hydrogens (tertiary/aromatic N) is 1. The summed E-state index contributed by atoms with van der Waals surface area (Å²) in [6, 6.07) is 7.40. The highest BCUT2D eigenvalue weighted by Gasteiger charge is 2.02. The Morgan fingerprint density at radius 1 is 1.14 bits per heavy atom. The normalized spacial score (nSPS) is 9.36. The molecular formula is C10H15N3O. The Bertz CT molecular complexity index is 306. The van der Waals surface area contributed by atoms with Gasteiger partial charge in [-0.15, -0.1) is 0 Å². The number of carbonyl (C=O) groups is 1. The molecule has 0 aromatic heterocycles. The third-order valence-corrected chi connectivity index (χ3v) is 1.83. The Morgan fingerprint density at radius 3 is 2.07 bits per heavy atom. The second-order valence-electron chi connectivity index (χ2n) is 3.15. The van der Waals surface area contributed by atoms with E-state index in [0.717, 1.165) is 11.4 Å². The summed E-state index contributed by atoms with van der Waals surface area (Å²) in [7, 11) is 5.27. The fraction of sp³-hybridized carbons (Fsp3) is 0.300. The minimum absolute atomic E-state index is 0.123. The van der Waals surface area contributed by atoms with Crippen LogP contribution in [0.15, 0.2) is 24.3 Å². The lowest BCUT2D eigenvalue weighted by atomic mass is 10.3. The van der Waals surface area contributed by atoms with Gasteiger partial charge in [-0.05, 0) is 24.3 Å². The zero-order valence-corrected chi connectivity index (χ0v) is 8.66. The van der Waals surface area contributed by atoms with Crippen LogP contribution in [0.4, 0.5) is 16.2 Å². The molecule has 4 heteroatoms. The predicted octanol–water partition coefficient (Wildman–Crippen LogP) is 1.82. The molecule has 2 amide bonds. The number of carbonyl (C=O) groups excluding carboxylic acids is 1. The molecule has 0 unspecified atom stereocenters. The van der Waals surface area contributed by atoms with Crippen LogP contribution in [-0.2, 0) is 0 Å². The largest absolute Gasteiger partial charge is 0.388 e. The summed E-state index contributed by atoms with van der Waals surface area (Å²) in [6.45, 7) is 0. The first-order valence-electron chi connectivity index (χ1n) is 4.39.